The molecule has 0 amide bonds. The van der Waals surface area contributed by atoms with E-state index in [0.717, 1.165) is 12.9 Å². The number of nitrogens with zero attached hydrogens (tertiary/aromatic N) is 1. The van der Waals surface area contributed by atoms with Crippen LogP contribution in [0.25, 0.3) is 16.7 Å². The van der Waals surface area contributed by atoms with E-state index < -0.39 is 0 Å². The van der Waals surface area contributed by atoms with Crippen LogP contribution in [0.1, 0.15) is 120 Å². The second-order valence-corrected chi connectivity index (χ2v) is 18.5. The molecule has 3 aliphatic rings. The van der Waals surface area contributed by atoms with E-state index in [0.29, 0.717) is 0 Å². The number of anilines is 3. The first-order valence-corrected chi connectivity index (χ1v) is 19.2. The molecule has 258 valence electrons. The molecule has 8 rings (SSSR count). The van der Waals surface area contributed by atoms with E-state index in [-0.39, 0.29) is 21.7 Å². The molecule has 0 N–H and O–H groups in total. The van der Waals surface area contributed by atoms with Gasteiger partial charge in [-0.3, -0.25) is 0 Å². The van der Waals surface area contributed by atoms with Crippen molar-refractivity contribution in [3.05, 3.63) is 143 Å². The second kappa shape index (κ2) is 11.6. The van der Waals surface area contributed by atoms with E-state index in [4.69, 9.17) is 6.58 Å². The molecule has 1 nitrogen and oxygen atoms in total. The summed E-state index contributed by atoms with van der Waals surface area (Å²) in [6.07, 6.45) is 4.78. The fourth-order valence-electron chi connectivity index (χ4n) is 9.48. The van der Waals surface area contributed by atoms with Crippen molar-refractivity contribution in [1.82, 2.24) is 0 Å². The van der Waals surface area contributed by atoms with E-state index in [1.165, 1.54) is 104 Å². The Bertz CT molecular complexity index is 2200. The first kappa shape index (κ1) is 33.8. The monoisotopic (exact) mass is 667 g/mol. The van der Waals surface area contributed by atoms with Gasteiger partial charge in [-0.1, -0.05) is 128 Å². The Hall–Kier alpha value is -4.30. The topological polar surface area (TPSA) is 3.24 Å². The van der Waals surface area contributed by atoms with Gasteiger partial charge in [-0.15, -0.1) is 0 Å². The van der Waals surface area contributed by atoms with Crippen LogP contribution in [0.5, 0.6) is 0 Å². The van der Waals surface area contributed by atoms with Crippen LogP contribution in [0.3, 0.4) is 0 Å². The Morgan fingerprint density at radius 1 is 0.569 bits per heavy atom. The van der Waals surface area contributed by atoms with Crippen molar-refractivity contribution in [3.8, 4) is 11.1 Å². The summed E-state index contributed by atoms with van der Waals surface area (Å²) in [6, 6.07) is 37.0. The smallest absolute Gasteiger partial charge is 0.198 e. The third-order valence-corrected chi connectivity index (χ3v) is 13.0. The molecule has 0 saturated carbocycles. The number of hydrogen-bond donors (Lipinski definition) is 0. The van der Waals surface area contributed by atoms with Gasteiger partial charge in [-0.05, 0) is 152 Å². The van der Waals surface area contributed by atoms with E-state index >= 15 is 0 Å². The second-order valence-electron chi connectivity index (χ2n) is 18.5. The van der Waals surface area contributed by atoms with Gasteiger partial charge < -0.3 is 4.90 Å². The number of aryl methyl sites for hydroxylation is 1. The summed E-state index contributed by atoms with van der Waals surface area (Å²) in [4.78, 5) is 2.57. The first-order valence-electron chi connectivity index (χ1n) is 19.2. The van der Waals surface area contributed by atoms with Crippen molar-refractivity contribution in [1.29, 1.82) is 0 Å². The Kier molecular flexibility index (Phi) is 7.70. The van der Waals surface area contributed by atoms with Crippen LogP contribution in [-0.4, -0.2) is 7.28 Å². The predicted molar refractivity (Wildman–Crippen MR) is 223 cm³/mol. The van der Waals surface area contributed by atoms with Crippen molar-refractivity contribution < 1.29 is 0 Å². The zero-order valence-electron chi connectivity index (χ0n) is 32.4. The zero-order valence-corrected chi connectivity index (χ0v) is 32.4. The number of para-hydroxylation sites is 1. The number of rotatable bonds is 4. The molecule has 0 saturated heterocycles. The maximum atomic E-state index is 4.81. The molecule has 2 heteroatoms. The van der Waals surface area contributed by atoms with E-state index in [1.54, 1.807) is 0 Å². The van der Waals surface area contributed by atoms with Crippen LogP contribution >= 0.6 is 0 Å². The molecular formula is C49H54BN. The highest BCUT2D eigenvalue weighted by molar-refractivity contribution is 6.73. The Morgan fingerprint density at radius 3 is 1.67 bits per heavy atom. The maximum Gasteiger partial charge on any atom is 0.198 e. The summed E-state index contributed by atoms with van der Waals surface area (Å²) in [5.74, 6) is 0. The quantitative estimate of drug-likeness (QED) is 0.169. The van der Waals surface area contributed by atoms with Gasteiger partial charge in [0, 0.05) is 17.1 Å². The van der Waals surface area contributed by atoms with Gasteiger partial charge in [0.1, 0.15) is 0 Å². The summed E-state index contributed by atoms with van der Waals surface area (Å²) in [6.45, 7) is 26.6. The molecule has 0 aromatic heterocycles. The van der Waals surface area contributed by atoms with Gasteiger partial charge in [-0.25, -0.2) is 0 Å². The first-order chi connectivity index (χ1) is 24.1. The van der Waals surface area contributed by atoms with Gasteiger partial charge in [0.2, 0.25) is 0 Å². The van der Waals surface area contributed by atoms with Crippen molar-refractivity contribution in [2.75, 3.05) is 4.90 Å². The van der Waals surface area contributed by atoms with Gasteiger partial charge in [0.25, 0.3) is 0 Å². The van der Waals surface area contributed by atoms with E-state index in [1.807, 2.05) is 0 Å². The zero-order chi connectivity index (χ0) is 36.1. The molecule has 5 aromatic rings. The molecule has 0 unspecified atom stereocenters. The normalized spacial score (nSPS) is 18.8. The lowest BCUT2D eigenvalue weighted by Crippen LogP contribution is -2.44. The molecule has 1 aliphatic heterocycles. The predicted octanol–water partition coefficient (Wildman–Crippen LogP) is 11.6. The van der Waals surface area contributed by atoms with Crippen LogP contribution in [0.2, 0.25) is 0 Å². The molecular weight excluding hydrogens is 613 g/mol. The Labute approximate surface area is 308 Å². The highest BCUT2D eigenvalue weighted by atomic mass is 15.1. The van der Waals surface area contributed by atoms with Crippen molar-refractivity contribution in [2.45, 2.75) is 110 Å². The molecule has 0 fully saturated rings. The van der Waals surface area contributed by atoms with Crippen LogP contribution < -0.4 is 15.8 Å². The van der Waals surface area contributed by atoms with Crippen LogP contribution in [0, 0.1) is 6.92 Å². The van der Waals surface area contributed by atoms with Crippen molar-refractivity contribution in [3.63, 3.8) is 0 Å². The minimum absolute atomic E-state index is 0.0935. The molecule has 0 atom stereocenters. The fraction of sp³-hybridized carbons (Fsp3) is 0.347. The SMILES string of the molecule is C=C(c1ccccc1)c1cc2c(cc1-c1cc(C)cc3c1Bc1cc4c(cc1N3c1ccccc1)C(C)(C)CCC4(C)C)C(C)(C)CCC2(C)C. The number of fused-ring (bicyclic) bond motifs is 4. The summed E-state index contributed by atoms with van der Waals surface area (Å²) in [5.41, 5.74) is 20.6. The third kappa shape index (κ3) is 5.52. The van der Waals surface area contributed by atoms with Gasteiger partial charge in [-0.2, -0.15) is 0 Å². The summed E-state index contributed by atoms with van der Waals surface area (Å²) >= 11 is 0. The molecule has 0 radical (unpaired) electrons. The lowest BCUT2D eigenvalue weighted by molar-refractivity contribution is 0.332. The molecule has 1 heterocycles. The molecule has 0 spiro atoms. The third-order valence-electron chi connectivity index (χ3n) is 13.0. The average molecular weight is 668 g/mol. The minimum atomic E-state index is 0.0935. The minimum Gasteiger partial charge on any atom is -0.312 e. The number of benzene rings is 5. The summed E-state index contributed by atoms with van der Waals surface area (Å²) in [7, 11) is 0.899. The van der Waals surface area contributed by atoms with Crippen LogP contribution in [0.4, 0.5) is 17.1 Å². The molecule has 0 bridgehead atoms. The maximum absolute atomic E-state index is 4.81. The van der Waals surface area contributed by atoms with Crippen molar-refractivity contribution >= 4 is 40.8 Å². The van der Waals surface area contributed by atoms with Gasteiger partial charge in [0.15, 0.2) is 7.28 Å². The summed E-state index contributed by atoms with van der Waals surface area (Å²) in [5, 5.41) is 0. The molecule has 5 aromatic carbocycles. The summed E-state index contributed by atoms with van der Waals surface area (Å²) < 4.78 is 0. The van der Waals surface area contributed by atoms with E-state index in [2.05, 4.69) is 164 Å². The largest absolute Gasteiger partial charge is 0.312 e. The lowest BCUT2D eigenvalue weighted by Gasteiger charge is -2.44. The van der Waals surface area contributed by atoms with Gasteiger partial charge >= 0.3 is 0 Å². The standard InChI is InChI=1S/C49H54BN/c1-31-25-37(36-28-39-38(46(3,4)21-22-47(39,5)6)27-35(36)32(2)33-17-13-11-14-18-33)45-44(26-31)51(34-19-15-12-16-20-34)43-30-41-40(29-42(43)50-45)48(7,8)23-24-49(41,9)10/h11-20,25-30,50H,2,21-24H2,1,3-10H3. The van der Waals surface area contributed by atoms with Crippen molar-refractivity contribution in [2.24, 2.45) is 0 Å². The molecule has 51 heavy (non-hydrogen) atoms. The van der Waals surface area contributed by atoms with Crippen LogP contribution in [-0.2, 0) is 21.7 Å². The highest BCUT2D eigenvalue weighted by Crippen LogP contribution is 2.51. The highest BCUT2D eigenvalue weighted by Gasteiger charge is 2.41. The van der Waals surface area contributed by atoms with Crippen LogP contribution in [0.15, 0.2) is 104 Å². The Balaban J connectivity index is 1.43. The number of hydrogen-bond acceptors (Lipinski definition) is 1. The average Bonchev–Trinajstić information content (AvgIpc) is 3.10. The lowest BCUT2D eigenvalue weighted by atomic mass is 9.54. The van der Waals surface area contributed by atoms with E-state index in [9.17, 15) is 0 Å². The fourth-order valence-corrected chi connectivity index (χ4v) is 9.48. The Morgan fingerprint density at radius 2 is 1.08 bits per heavy atom. The van der Waals surface area contributed by atoms with Gasteiger partial charge in [0.05, 0.1) is 0 Å². The molecule has 2 aliphatic carbocycles.